The summed E-state index contributed by atoms with van der Waals surface area (Å²) in [6, 6.07) is 31.2. The molecule has 2 heterocycles. The lowest BCUT2D eigenvalue weighted by Gasteiger charge is -2.31. The molecule has 0 unspecified atom stereocenters. The van der Waals surface area contributed by atoms with Crippen LogP contribution < -0.4 is 14.9 Å². The molecule has 5 aromatic rings. The van der Waals surface area contributed by atoms with Gasteiger partial charge in [-0.2, -0.15) is 10.5 Å². The third kappa shape index (κ3) is 11.0. The van der Waals surface area contributed by atoms with Crippen molar-refractivity contribution in [3.8, 4) is 17.9 Å². The quantitative estimate of drug-likeness (QED) is 0.0917. The molecule has 6 heteroatoms. The van der Waals surface area contributed by atoms with E-state index in [-0.39, 0.29) is 5.92 Å². The van der Waals surface area contributed by atoms with Gasteiger partial charge in [0.2, 0.25) is 0 Å². The van der Waals surface area contributed by atoms with Crippen LogP contribution in [0.4, 0.5) is 17.1 Å². The van der Waals surface area contributed by atoms with E-state index in [1.54, 1.807) is 12.2 Å². The van der Waals surface area contributed by atoms with E-state index in [1.165, 1.54) is 0 Å². The van der Waals surface area contributed by atoms with Gasteiger partial charge in [0.1, 0.15) is 18.1 Å². The normalized spacial score (nSPS) is 17.0. The number of benzene rings is 5. The van der Waals surface area contributed by atoms with Gasteiger partial charge in [-0.3, -0.25) is 0 Å². The number of para-hydroxylation sites is 1. The van der Waals surface area contributed by atoms with Crippen LogP contribution in [-0.2, 0) is 4.74 Å². The number of nitriles is 2. The molecule has 0 fully saturated rings. The van der Waals surface area contributed by atoms with Crippen LogP contribution in [0, 0.1) is 34.0 Å². The van der Waals surface area contributed by atoms with E-state index >= 15 is 0 Å². The highest BCUT2D eigenvalue weighted by Crippen LogP contribution is 2.48. The van der Waals surface area contributed by atoms with Gasteiger partial charge in [-0.15, -0.1) is 0 Å². The maximum Gasteiger partial charge on any atom is 0.151 e. The van der Waals surface area contributed by atoms with Gasteiger partial charge < -0.3 is 19.3 Å². The molecule has 2 aliphatic rings. The monoisotopic (exact) mass is 921 g/mol. The number of hydrogen-bond donors (Lipinski definition) is 0. The predicted octanol–water partition coefficient (Wildman–Crippen LogP) is 16.7. The molecule has 70 heavy (non-hydrogen) atoms. The first-order valence-electron chi connectivity index (χ1n) is 23.6. The number of ether oxygens (including phenoxy) is 2. The highest BCUT2D eigenvalue weighted by molar-refractivity contribution is 6.18. The summed E-state index contributed by atoms with van der Waals surface area (Å²) < 4.78 is 13.3. The van der Waals surface area contributed by atoms with Crippen LogP contribution in [-0.4, -0.2) is 11.5 Å². The fourth-order valence-electron chi connectivity index (χ4n) is 8.56. The second kappa shape index (κ2) is 22.7. The largest absolute Gasteiger partial charge is 0.487 e. The van der Waals surface area contributed by atoms with Crippen LogP contribution >= 0.6 is 0 Å². The van der Waals surface area contributed by atoms with Crippen LogP contribution in [0.25, 0.3) is 38.9 Å². The summed E-state index contributed by atoms with van der Waals surface area (Å²) in [5.74, 6) is 2.07. The SMILES string of the molecule is C=CC1=C(/C=C\C)O/C(=C(/C=C\C)N(C(=C)/C=C\C(C#N)=C/C)/C(C)=c2\ccc3ccc(N(c4ccc(C#N)cc4)c4cccc5c4OC/C=C\C=C/C5=C)c4ccc(C=C)c2c34)[C@@H]1C.CC(C)(C)C. The molecule has 6 nitrogen and oxygen atoms in total. The highest BCUT2D eigenvalue weighted by Gasteiger charge is 2.32. The van der Waals surface area contributed by atoms with Crippen LogP contribution in [0.1, 0.15) is 79.0 Å². The Labute approximate surface area is 416 Å². The van der Waals surface area contributed by atoms with Gasteiger partial charge in [-0.25, -0.2) is 0 Å². The first-order valence-corrected chi connectivity index (χ1v) is 23.6. The van der Waals surface area contributed by atoms with E-state index in [0.717, 1.165) is 89.0 Å². The Balaban J connectivity index is 0.00000153. The Morgan fingerprint density at radius 1 is 0.829 bits per heavy atom. The van der Waals surface area contributed by atoms with Crippen LogP contribution in [0.3, 0.4) is 0 Å². The topological polar surface area (TPSA) is 72.5 Å². The molecule has 0 amide bonds. The Morgan fingerprint density at radius 3 is 2.20 bits per heavy atom. The second-order valence-corrected chi connectivity index (χ2v) is 18.5. The molecule has 7 rings (SSSR count). The average molecular weight is 921 g/mol. The molecular formula is C64H64N4O2. The minimum absolute atomic E-state index is 0.118. The first-order chi connectivity index (χ1) is 33.6. The first kappa shape index (κ1) is 51.1. The molecule has 2 aliphatic heterocycles. The van der Waals surface area contributed by atoms with Crippen LogP contribution in [0.2, 0.25) is 0 Å². The lowest BCUT2D eigenvalue weighted by Crippen LogP contribution is -2.26. The highest BCUT2D eigenvalue weighted by atomic mass is 16.5. The molecule has 1 atom stereocenters. The van der Waals surface area contributed by atoms with Crippen molar-refractivity contribution in [1.29, 1.82) is 10.5 Å². The van der Waals surface area contributed by atoms with Crippen molar-refractivity contribution in [2.24, 2.45) is 11.3 Å². The smallest absolute Gasteiger partial charge is 0.151 e. The predicted molar refractivity (Wildman–Crippen MR) is 297 cm³/mol. The summed E-state index contributed by atoms with van der Waals surface area (Å²) in [6.45, 7) is 36.6. The fourth-order valence-corrected chi connectivity index (χ4v) is 8.56. The van der Waals surface area contributed by atoms with E-state index in [0.29, 0.717) is 34.6 Å². The van der Waals surface area contributed by atoms with E-state index < -0.39 is 0 Å². The van der Waals surface area contributed by atoms with E-state index in [1.807, 2.05) is 124 Å². The summed E-state index contributed by atoms with van der Waals surface area (Å²) in [4.78, 5) is 4.32. The summed E-state index contributed by atoms with van der Waals surface area (Å²) >= 11 is 0. The van der Waals surface area contributed by atoms with Gasteiger partial charge in [-0.05, 0) is 127 Å². The standard InChI is InChI=1S/C59H52N4O2.C5H12/c1-10-19-53(58-41(8)48(14-5)55(65-58)20-11-2)62(40(7)24-25-43(12-3)37-60)42(9)50-33-29-46-30-35-52(51-34-28-45(13-4)56(50)57(46)51)63(47-31-26-44(38-61)27-32-47)54-23-18-22-49-39(6)21-16-15-17-36-64-59(49)54;1-5(2,3)4/h10-35,41H,4-7,36H2,1-3,8-9H3;1-4H3/b17-15-,19-10-,20-11-,21-16-,25-24-,43-12+,50-42+,58-53-;/t41-;/m1./s1. The summed E-state index contributed by atoms with van der Waals surface area (Å²) in [7, 11) is 0. The van der Waals surface area contributed by atoms with Crippen molar-refractivity contribution in [2.75, 3.05) is 11.5 Å². The van der Waals surface area contributed by atoms with Crippen molar-refractivity contribution in [3.05, 3.63) is 234 Å². The number of allylic oxidation sites excluding steroid dienone is 14. The Hall–Kier alpha value is -8.32. The second-order valence-electron chi connectivity index (χ2n) is 18.5. The summed E-state index contributed by atoms with van der Waals surface area (Å²) in [5, 5.41) is 24.7. The maximum atomic E-state index is 9.86. The van der Waals surface area contributed by atoms with Gasteiger partial charge in [0.05, 0.1) is 34.8 Å². The zero-order valence-electron chi connectivity index (χ0n) is 42.2. The summed E-state index contributed by atoms with van der Waals surface area (Å²) in [5.41, 5.74) is 10.1. The Morgan fingerprint density at radius 2 is 1.56 bits per heavy atom. The third-order valence-corrected chi connectivity index (χ3v) is 11.7. The van der Waals surface area contributed by atoms with Gasteiger partial charge in [0.15, 0.2) is 5.75 Å². The minimum Gasteiger partial charge on any atom is -0.487 e. The lowest BCUT2D eigenvalue weighted by molar-refractivity contribution is 0.307. The molecular weight excluding hydrogens is 857 g/mol. The van der Waals surface area contributed by atoms with Crippen molar-refractivity contribution >= 4 is 56.0 Å². The molecule has 0 spiro atoms. The minimum atomic E-state index is -0.118. The average Bonchev–Trinajstić information content (AvgIpc) is 3.70. The maximum absolute atomic E-state index is 9.86. The number of fused-ring (bicyclic) bond motifs is 1. The van der Waals surface area contributed by atoms with Gasteiger partial charge >= 0.3 is 0 Å². The lowest BCUT2D eigenvalue weighted by atomic mass is 9.92. The molecule has 0 aromatic heterocycles. The molecule has 5 aromatic carbocycles. The molecule has 0 N–H and O–H groups in total. The molecule has 352 valence electrons. The molecule has 0 aliphatic carbocycles. The van der Waals surface area contributed by atoms with Crippen molar-refractivity contribution in [3.63, 3.8) is 0 Å². The third-order valence-electron chi connectivity index (χ3n) is 11.7. The molecule has 0 bridgehead atoms. The van der Waals surface area contributed by atoms with E-state index in [2.05, 4.69) is 132 Å². The van der Waals surface area contributed by atoms with E-state index in [4.69, 9.17) is 9.47 Å². The van der Waals surface area contributed by atoms with Crippen LogP contribution in [0.5, 0.6) is 5.75 Å². The number of rotatable bonds is 12. The molecule has 0 saturated carbocycles. The zero-order chi connectivity index (χ0) is 50.7. The van der Waals surface area contributed by atoms with Gasteiger partial charge in [0, 0.05) is 50.3 Å². The van der Waals surface area contributed by atoms with Gasteiger partial charge in [0.25, 0.3) is 0 Å². The Bertz CT molecular complexity index is 3260. The zero-order valence-corrected chi connectivity index (χ0v) is 42.2. The number of anilines is 3. The molecule has 0 saturated heterocycles. The Kier molecular flexibility index (Phi) is 16.5. The number of nitrogens with zero attached hydrogens (tertiary/aromatic N) is 4. The van der Waals surface area contributed by atoms with E-state index in [9.17, 15) is 10.5 Å². The van der Waals surface area contributed by atoms with Gasteiger partial charge in [-0.1, -0.05) is 152 Å². The van der Waals surface area contributed by atoms with Crippen molar-refractivity contribution < 1.29 is 9.47 Å². The fraction of sp³-hybridized carbons (Fsp3) is 0.188. The van der Waals surface area contributed by atoms with Crippen LogP contribution in [0.15, 0.2) is 212 Å². The molecule has 0 radical (unpaired) electrons. The number of hydrogen-bond acceptors (Lipinski definition) is 6. The van der Waals surface area contributed by atoms with Crippen molar-refractivity contribution in [1.82, 2.24) is 4.90 Å². The van der Waals surface area contributed by atoms with Crippen molar-refractivity contribution in [2.45, 2.75) is 62.3 Å². The summed E-state index contributed by atoms with van der Waals surface area (Å²) in [6.07, 6.45) is 25.1.